The maximum absolute atomic E-state index is 3.99. The van der Waals surface area contributed by atoms with Gasteiger partial charge in [-0.3, -0.25) is 0 Å². The van der Waals surface area contributed by atoms with Gasteiger partial charge in [-0.25, -0.2) is 0 Å². The molecule has 1 nitrogen and oxygen atoms in total. The van der Waals surface area contributed by atoms with Crippen LogP contribution in [0.3, 0.4) is 0 Å². The summed E-state index contributed by atoms with van der Waals surface area (Å²) in [5.41, 5.74) is 0. The lowest BCUT2D eigenvalue weighted by atomic mass is 10.1. The Kier molecular flexibility index (Phi) is 4.74. The van der Waals surface area contributed by atoms with Gasteiger partial charge in [0, 0.05) is 0 Å². The molecule has 0 rings (SSSR count). The number of rotatable bonds is 5. The van der Waals surface area contributed by atoms with E-state index < -0.39 is 0 Å². The van der Waals surface area contributed by atoms with Crippen molar-refractivity contribution in [2.75, 3.05) is 21.1 Å². The van der Waals surface area contributed by atoms with Crippen molar-refractivity contribution in [2.45, 2.75) is 38.6 Å². The summed E-state index contributed by atoms with van der Waals surface area (Å²) in [4.78, 5) is 0. The van der Waals surface area contributed by atoms with Crippen LogP contribution in [0.25, 0.3) is 0 Å². The second kappa shape index (κ2) is 4.76. The molecule has 1 unspecified atom stereocenters. The molecule has 1 atom stereocenters. The summed E-state index contributed by atoms with van der Waals surface area (Å²) in [7, 11) is 6.77. The predicted molar refractivity (Wildman–Crippen MR) is 51.3 cm³/mol. The van der Waals surface area contributed by atoms with E-state index in [0.29, 0.717) is 0 Å². The lowest BCUT2D eigenvalue weighted by molar-refractivity contribution is -0.896. The molecule has 0 heterocycles. The lowest BCUT2D eigenvalue weighted by Crippen LogP contribution is -2.44. The molecule has 0 fully saturated rings. The van der Waals surface area contributed by atoms with Crippen LogP contribution >= 0.6 is 0 Å². The summed E-state index contributed by atoms with van der Waals surface area (Å²) in [5.74, 6) is 0. The Labute approximate surface area is 72.0 Å². The summed E-state index contributed by atoms with van der Waals surface area (Å²) >= 11 is 0. The first kappa shape index (κ1) is 11.0. The summed E-state index contributed by atoms with van der Waals surface area (Å²) in [6.45, 7) is 6.24. The van der Waals surface area contributed by atoms with E-state index in [1.54, 1.807) is 0 Å². The monoisotopic (exact) mass is 157 g/mol. The van der Waals surface area contributed by atoms with Gasteiger partial charge in [0.2, 0.25) is 0 Å². The minimum atomic E-state index is 0.745. The summed E-state index contributed by atoms with van der Waals surface area (Å²) in [6, 6.07) is 0.745. The van der Waals surface area contributed by atoms with Gasteiger partial charge >= 0.3 is 0 Å². The van der Waals surface area contributed by atoms with Crippen molar-refractivity contribution in [3.05, 3.63) is 6.92 Å². The first-order valence-corrected chi connectivity index (χ1v) is 4.62. The summed E-state index contributed by atoms with van der Waals surface area (Å²) in [6.07, 6.45) is 5.03. The minimum Gasteiger partial charge on any atom is -0.328 e. The van der Waals surface area contributed by atoms with E-state index in [2.05, 4.69) is 35.0 Å². The van der Waals surface area contributed by atoms with Gasteiger partial charge in [0.25, 0.3) is 0 Å². The highest BCUT2D eigenvalue weighted by Crippen LogP contribution is 2.13. The van der Waals surface area contributed by atoms with Crippen molar-refractivity contribution >= 4 is 0 Å². The Morgan fingerprint density at radius 3 is 2.09 bits per heavy atom. The van der Waals surface area contributed by atoms with Crippen molar-refractivity contribution < 1.29 is 4.48 Å². The third kappa shape index (κ3) is 4.41. The van der Waals surface area contributed by atoms with Crippen LogP contribution in [-0.4, -0.2) is 31.7 Å². The van der Waals surface area contributed by atoms with Crippen LogP contribution in [0.5, 0.6) is 0 Å². The highest BCUT2D eigenvalue weighted by atomic mass is 15.3. The fraction of sp³-hybridized carbons (Fsp3) is 0.900. The molecular weight excluding hydrogens is 134 g/mol. The Hall–Kier alpha value is -0.0400. The van der Waals surface area contributed by atoms with E-state index in [0.717, 1.165) is 16.9 Å². The molecule has 0 bridgehead atoms. The van der Waals surface area contributed by atoms with E-state index in [4.69, 9.17) is 0 Å². The number of unbranched alkanes of at least 4 members (excludes halogenated alkanes) is 1. The van der Waals surface area contributed by atoms with Gasteiger partial charge in [-0.15, -0.1) is 0 Å². The van der Waals surface area contributed by atoms with E-state index in [1.165, 1.54) is 19.3 Å². The van der Waals surface area contributed by atoms with Gasteiger partial charge in [0.15, 0.2) is 0 Å². The maximum Gasteiger partial charge on any atom is 0.0884 e. The topological polar surface area (TPSA) is 0 Å². The normalized spacial score (nSPS) is 15.0. The van der Waals surface area contributed by atoms with E-state index in [-0.39, 0.29) is 0 Å². The highest BCUT2D eigenvalue weighted by molar-refractivity contribution is 4.58. The van der Waals surface area contributed by atoms with Gasteiger partial charge in [-0.1, -0.05) is 13.3 Å². The van der Waals surface area contributed by atoms with E-state index >= 15 is 0 Å². The van der Waals surface area contributed by atoms with Crippen molar-refractivity contribution in [2.24, 2.45) is 0 Å². The number of hydrogen-bond donors (Lipinski definition) is 0. The molecule has 0 aromatic heterocycles. The SMILES string of the molecule is [CH2]CC(CCCC)[N+](C)(C)C. The van der Waals surface area contributed by atoms with Crippen LogP contribution in [0.15, 0.2) is 0 Å². The Morgan fingerprint density at radius 2 is 1.82 bits per heavy atom. The van der Waals surface area contributed by atoms with Crippen LogP contribution in [0, 0.1) is 6.92 Å². The molecule has 11 heavy (non-hydrogen) atoms. The first-order valence-electron chi connectivity index (χ1n) is 4.62. The van der Waals surface area contributed by atoms with E-state index in [1.807, 2.05) is 0 Å². The molecule has 0 aliphatic carbocycles. The minimum absolute atomic E-state index is 0.745. The molecule has 1 heteroatoms. The quantitative estimate of drug-likeness (QED) is 0.538. The zero-order valence-corrected chi connectivity index (χ0v) is 8.56. The van der Waals surface area contributed by atoms with Gasteiger partial charge in [-0.05, 0) is 26.2 Å². The zero-order valence-electron chi connectivity index (χ0n) is 8.56. The van der Waals surface area contributed by atoms with Crippen LogP contribution in [-0.2, 0) is 0 Å². The molecule has 0 aliphatic heterocycles. The molecule has 1 radical (unpaired) electrons. The number of quaternary nitrogens is 1. The second-order valence-electron chi connectivity index (χ2n) is 4.20. The highest BCUT2D eigenvalue weighted by Gasteiger charge is 2.20. The number of hydrogen-bond acceptors (Lipinski definition) is 0. The van der Waals surface area contributed by atoms with Gasteiger partial charge in [0.05, 0.1) is 27.2 Å². The van der Waals surface area contributed by atoms with Gasteiger partial charge in [0.1, 0.15) is 0 Å². The largest absolute Gasteiger partial charge is 0.328 e. The molecule has 0 aromatic rings. The molecule has 0 N–H and O–H groups in total. The molecule has 0 aromatic carbocycles. The predicted octanol–water partition coefficient (Wildman–Crippen LogP) is 2.48. The third-order valence-corrected chi connectivity index (χ3v) is 2.32. The molecule has 67 valence electrons. The Morgan fingerprint density at radius 1 is 1.27 bits per heavy atom. The average Bonchev–Trinajstić information content (AvgIpc) is 1.87. The van der Waals surface area contributed by atoms with Crippen LogP contribution in [0.2, 0.25) is 0 Å². The zero-order chi connectivity index (χ0) is 8.91. The average molecular weight is 157 g/mol. The van der Waals surface area contributed by atoms with Crippen molar-refractivity contribution in [1.82, 2.24) is 0 Å². The van der Waals surface area contributed by atoms with Crippen molar-refractivity contribution in [1.29, 1.82) is 0 Å². The Bertz CT molecular complexity index is 91.5. The van der Waals surface area contributed by atoms with Crippen LogP contribution < -0.4 is 0 Å². The molecule has 0 saturated heterocycles. The Balaban J connectivity index is 3.76. The summed E-state index contributed by atoms with van der Waals surface area (Å²) in [5, 5.41) is 0. The number of nitrogens with zero attached hydrogens (tertiary/aromatic N) is 1. The van der Waals surface area contributed by atoms with Gasteiger partial charge < -0.3 is 4.48 Å². The molecular formula is C10H23N+. The standard InChI is InChI=1S/C10H23N/c1-6-8-9-10(7-2)11(3,4)5/h10H,2,6-9H2,1,3-5H3/q+1. The summed E-state index contributed by atoms with van der Waals surface area (Å²) < 4.78 is 1.06. The van der Waals surface area contributed by atoms with Crippen LogP contribution in [0.1, 0.15) is 32.6 Å². The fourth-order valence-electron chi connectivity index (χ4n) is 1.36. The molecule has 0 aliphatic rings. The van der Waals surface area contributed by atoms with Crippen LogP contribution in [0.4, 0.5) is 0 Å². The molecule has 0 saturated carbocycles. The fourth-order valence-corrected chi connectivity index (χ4v) is 1.36. The maximum atomic E-state index is 3.99. The van der Waals surface area contributed by atoms with Gasteiger partial charge in [-0.2, -0.15) is 0 Å². The molecule has 0 spiro atoms. The van der Waals surface area contributed by atoms with Crippen molar-refractivity contribution in [3.63, 3.8) is 0 Å². The lowest BCUT2D eigenvalue weighted by Gasteiger charge is -2.33. The smallest absolute Gasteiger partial charge is 0.0884 e. The van der Waals surface area contributed by atoms with E-state index in [9.17, 15) is 0 Å². The molecule has 0 amide bonds. The first-order chi connectivity index (χ1) is 5.02. The van der Waals surface area contributed by atoms with Crippen molar-refractivity contribution in [3.8, 4) is 0 Å². The third-order valence-electron chi connectivity index (χ3n) is 2.32. The second-order valence-corrected chi connectivity index (χ2v) is 4.20.